The fraction of sp³-hybridized carbons (Fsp3) is 0.360. The lowest BCUT2D eigenvalue weighted by atomic mass is 9.94. The van der Waals surface area contributed by atoms with E-state index in [2.05, 4.69) is 9.97 Å². The zero-order valence-corrected chi connectivity index (χ0v) is 19.1. The Kier molecular flexibility index (Phi) is 9.00. The van der Waals surface area contributed by atoms with E-state index in [1.54, 1.807) is 12.3 Å². The normalized spacial score (nSPS) is 20.2. The average Bonchev–Trinajstić information content (AvgIpc) is 2.83. The van der Waals surface area contributed by atoms with Crippen LogP contribution < -0.4 is 4.74 Å². The van der Waals surface area contributed by atoms with E-state index in [-0.39, 0.29) is 18.8 Å². The van der Waals surface area contributed by atoms with Crippen LogP contribution in [0.2, 0.25) is 5.02 Å². The fourth-order valence-electron chi connectivity index (χ4n) is 3.61. The largest absolute Gasteiger partial charge is 0.439 e. The lowest BCUT2D eigenvalue weighted by molar-refractivity contribution is -0.113. The van der Waals surface area contributed by atoms with E-state index in [1.165, 1.54) is 6.33 Å². The highest BCUT2D eigenvalue weighted by Gasteiger charge is 2.29. The number of rotatable bonds is 6. The molecule has 0 saturated carbocycles. The molecule has 3 aromatic rings. The molecule has 4 rings (SSSR count). The summed E-state index contributed by atoms with van der Waals surface area (Å²) in [6, 6.07) is 15.3. The van der Waals surface area contributed by atoms with Gasteiger partial charge >= 0.3 is 0 Å². The van der Waals surface area contributed by atoms with Crippen molar-refractivity contribution < 1.29 is 19.7 Å². The molecule has 1 aliphatic rings. The lowest BCUT2D eigenvalue weighted by Crippen LogP contribution is -2.33. The second kappa shape index (κ2) is 11.9. The number of halogens is 1. The van der Waals surface area contributed by atoms with E-state index < -0.39 is 6.10 Å². The van der Waals surface area contributed by atoms with Crippen molar-refractivity contribution in [1.82, 2.24) is 9.97 Å². The van der Waals surface area contributed by atoms with Gasteiger partial charge in [0.2, 0.25) is 5.88 Å². The maximum absolute atomic E-state index is 10.1. The number of benzene rings is 2. The molecule has 0 aliphatic carbocycles. The van der Waals surface area contributed by atoms with Gasteiger partial charge in [0.05, 0.1) is 24.9 Å². The number of aliphatic hydroxyl groups is 2. The Bertz CT molecular complexity index is 969. The third kappa shape index (κ3) is 6.50. The van der Waals surface area contributed by atoms with Gasteiger partial charge in [-0.2, -0.15) is 0 Å². The first-order valence-electron chi connectivity index (χ1n) is 10.9. The molecule has 3 atom stereocenters. The van der Waals surface area contributed by atoms with Crippen LogP contribution in [-0.4, -0.2) is 39.0 Å². The Balaban J connectivity index is 0.00000141. The van der Waals surface area contributed by atoms with Crippen LogP contribution in [0, 0.1) is 0 Å². The van der Waals surface area contributed by atoms with Gasteiger partial charge in [0, 0.05) is 30.1 Å². The van der Waals surface area contributed by atoms with E-state index in [1.807, 2.05) is 56.3 Å². The Morgan fingerprint density at radius 3 is 2.56 bits per heavy atom. The van der Waals surface area contributed by atoms with Crippen molar-refractivity contribution in [2.24, 2.45) is 0 Å². The smallest absolute Gasteiger partial charge is 0.222 e. The van der Waals surface area contributed by atoms with Crippen molar-refractivity contribution in [2.75, 3.05) is 6.61 Å². The maximum Gasteiger partial charge on any atom is 0.222 e. The summed E-state index contributed by atoms with van der Waals surface area (Å²) < 4.78 is 11.6. The summed E-state index contributed by atoms with van der Waals surface area (Å²) in [5.41, 5.74) is 3.01. The highest BCUT2D eigenvalue weighted by molar-refractivity contribution is 6.31. The number of hydrogen-bond acceptors (Lipinski definition) is 6. The molecule has 0 radical (unpaired) electrons. The molecule has 1 saturated heterocycles. The summed E-state index contributed by atoms with van der Waals surface area (Å²) in [6.45, 7) is 3.90. The molecule has 0 amide bonds. The topological polar surface area (TPSA) is 84.7 Å². The van der Waals surface area contributed by atoms with Crippen LogP contribution in [0.1, 0.15) is 49.5 Å². The maximum atomic E-state index is 10.1. The van der Waals surface area contributed by atoms with Gasteiger partial charge in [-0.3, -0.25) is 0 Å². The van der Waals surface area contributed by atoms with Gasteiger partial charge in [-0.25, -0.2) is 9.97 Å². The highest BCUT2D eigenvalue weighted by Crippen LogP contribution is 2.34. The first-order chi connectivity index (χ1) is 15.6. The fourth-order valence-corrected chi connectivity index (χ4v) is 3.79. The van der Waals surface area contributed by atoms with E-state index >= 15 is 0 Å². The lowest BCUT2D eigenvalue weighted by Gasteiger charge is -2.32. The van der Waals surface area contributed by atoms with Crippen molar-refractivity contribution in [1.29, 1.82) is 0 Å². The minimum absolute atomic E-state index is 0.0998. The predicted molar refractivity (Wildman–Crippen MR) is 124 cm³/mol. The van der Waals surface area contributed by atoms with Crippen molar-refractivity contribution >= 4 is 11.6 Å². The molecule has 2 heterocycles. The Hall–Kier alpha value is -2.51. The van der Waals surface area contributed by atoms with Gasteiger partial charge in [-0.05, 0) is 41.3 Å². The summed E-state index contributed by atoms with van der Waals surface area (Å²) >= 11 is 6.44. The molecule has 1 aliphatic heterocycles. The summed E-state index contributed by atoms with van der Waals surface area (Å²) in [4.78, 5) is 7.92. The number of ether oxygens (including phenoxy) is 2. The van der Waals surface area contributed by atoms with Crippen LogP contribution >= 0.6 is 11.6 Å². The van der Waals surface area contributed by atoms with E-state index in [9.17, 15) is 10.2 Å². The molecule has 0 bridgehead atoms. The third-order valence-electron chi connectivity index (χ3n) is 5.12. The first-order valence-corrected chi connectivity index (χ1v) is 11.2. The second-order valence-electron chi connectivity index (χ2n) is 7.38. The number of aliphatic hydroxyl groups excluding tert-OH is 2. The van der Waals surface area contributed by atoms with Crippen molar-refractivity contribution in [3.8, 4) is 11.6 Å². The van der Waals surface area contributed by atoms with Gasteiger partial charge in [0.25, 0.3) is 0 Å². The minimum atomic E-state index is -0.484. The quantitative estimate of drug-likeness (QED) is 0.536. The van der Waals surface area contributed by atoms with Gasteiger partial charge < -0.3 is 19.7 Å². The van der Waals surface area contributed by atoms with Gasteiger partial charge in [0.1, 0.15) is 12.1 Å². The van der Waals surface area contributed by atoms with Crippen LogP contribution in [0.5, 0.6) is 11.6 Å². The van der Waals surface area contributed by atoms with Crippen LogP contribution in [0.4, 0.5) is 0 Å². The second-order valence-corrected chi connectivity index (χ2v) is 7.78. The van der Waals surface area contributed by atoms with Gasteiger partial charge in [0.15, 0.2) is 0 Å². The first kappa shape index (κ1) is 24.1. The van der Waals surface area contributed by atoms with Crippen LogP contribution in [0.15, 0.2) is 61.1 Å². The molecule has 7 heteroatoms. The molecule has 6 nitrogen and oxygen atoms in total. The third-order valence-corrected chi connectivity index (χ3v) is 5.49. The molecule has 1 aromatic heterocycles. The highest BCUT2D eigenvalue weighted by atomic mass is 35.5. The summed E-state index contributed by atoms with van der Waals surface area (Å²) in [5, 5.41) is 20.2. The van der Waals surface area contributed by atoms with Crippen LogP contribution in [0.25, 0.3) is 0 Å². The van der Waals surface area contributed by atoms with E-state index in [4.69, 9.17) is 21.1 Å². The monoisotopic (exact) mass is 456 g/mol. The molecule has 32 heavy (non-hydrogen) atoms. The standard InChI is InChI=1S/C23H23ClN2O4.C2H6/c24-21-6-3-16(22-12-18(28)11-20(13-27)29-22)10-17(21)9-15-1-4-19(5-2-15)30-23-7-8-25-14-26-23;1-2/h1-8,10,14,18,20,22,27-28H,9,11-13H2;1-2H3/t18-,20-,22+;/m0./s1. The Morgan fingerprint density at radius 2 is 1.88 bits per heavy atom. The zero-order valence-electron chi connectivity index (χ0n) is 18.3. The number of hydrogen-bond donors (Lipinski definition) is 2. The predicted octanol–water partition coefficient (Wildman–Crippen LogP) is 5.11. The average molecular weight is 457 g/mol. The van der Waals surface area contributed by atoms with Crippen molar-refractivity contribution in [2.45, 2.75) is 51.4 Å². The van der Waals surface area contributed by atoms with E-state index in [0.29, 0.717) is 35.9 Å². The molecule has 170 valence electrons. The number of nitrogens with zero attached hydrogens (tertiary/aromatic N) is 2. The summed E-state index contributed by atoms with van der Waals surface area (Å²) in [7, 11) is 0. The Morgan fingerprint density at radius 1 is 1.09 bits per heavy atom. The molecule has 0 spiro atoms. The van der Waals surface area contributed by atoms with E-state index in [0.717, 1.165) is 16.7 Å². The number of aromatic nitrogens is 2. The molecule has 2 N–H and O–H groups in total. The van der Waals surface area contributed by atoms with Crippen molar-refractivity contribution in [3.63, 3.8) is 0 Å². The minimum Gasteiger partial charge on any atom is -0.439 e. The van der Waals surface area contributed by atoms with Crippen LogP contribution in [0.3, 0.4) is 0 Å². The molecule has 1 fully saturated rings. The van der Waals surface area contributed by atoms with Gasteiger partial charge in [-0.1, -0.05) is 49.7 Å². The molecular formula is C25H29ClN2O4. The van der Waals surface area contributed by atoms with Crippen molar-refractivity contribution in [3.05, 3.63) is 82.8 Å². The van der Waals surface area contributed by atoms with Crippen LogP contribution in [-0.2, 0) is 11.2 Å². The molecular weight excluding hydrogens is 428 g/mol. The SMILES string of the molecule is CC.OC[C@@H]1C[C@H](O)C[C@H](c2ccc(Cl)c(Cc3ccc(Oc4ccncn4)cc3)c2)O1. The zero-order chi connectivity index (χ0) is 22.9. The summed E-state index contributed by atoms with van der Waals surface area (Å²) in [5.74, 6) is 1.18. The molecule has 2 aromatic carbocycles. The Labute approximate surface area is 193 Å². The summed E-state index contributed by atoms with van der Waals surface area (Å²) in [6.07, 6.45) is 3.59. The van der Waals surface area contributed by atoms with Gasteiger partial charge in [-0.15, -0.1) is 0 Å². The molecule has 0 unspecified atom stereocenters.